The number of aliphatic carboxylic acids is 1. The van der Waals surface area contributed by atoms with Gasteiger partial charge in [0.25, 0.3) is 5.91 Å². The van der Waals surface area contributed by atoms with E-state index in [1.165, 1.54) is 45.2 Å². The Morgan fingerprint density at radius 1 is 1.19 bits per heavy atom. The van der Waals surface area contributed by atoms with Crippen molar-refractivity contribution in [3.05, 3.63) is 29.8 Å². The van der Waals surface area contributed by atoms with E-state index in [-0.39, 0.29) is 17.7 Å². The summed E-state index contributed by atoms with van der Waals surface area (Å²) in [5.41, 5.74) is 3.74. The second-order valence-electron chi connectivity index (χ2n) is 9.01. The maximum Gasteiger partial charge on any atom is 0.352 e. The van der Waals surface area contributed by atoms with Crippen LogP contribution >= 0.6 is 11.8 Å². The third-order valence-corrected chi connectivity index (χ3v) is 7.96. The minimum Gasteiger partial charge on any atom is -0.508 e. The summed E-state index contributed by atoms with van der Waals surface area (Å²) in [6.07, 6.45) is -0.0324. The number of hydrogen-bond donors (Lipinski definition) is 7. The van der Waals surface area contributed by atoms with Crippen molar-refractivity contribution in [3.8, 4) is 5.75 Å². The molecule has 0 aliphatic carbocycles. The Morgan fingerprint density at radius 2 is 1.81 bits per heavy atom. The molecule has 1 aromatic rings. The van der Waals surface area contributed by atoms with Gasteiger partial charge in [0, 0.05) is 7.05 Å². The van der Waals surface area contributed by atoms with Crippen LogP contribution in [0.15, 0.2) is 24.3 Å². The first kappa shape index (κ1) is 27.7. The number of nitrogens with zero attached hydrogens (tertiary/aromatic N) is 1. The maximum atomic E-state index is 13.6. The predicted octanol–water partition coefficient (Wildman–Crippen LogP) is -2.28. The molecule has 2 aliphatic rings. The zero-order chi connectivity index (χ0) is 27.7. The fourth-order valence-electron chi connectivity index (χ4n) is 4.33. The Balaban J connectivity index is 1.96. The molecule has 2 unspecified atom stereocenters. The predicted molar refractivity (Wildman–Crippen MR) is 129 cm³/mol. The highest BCUT2D eigenvalue weighted by Gasteiger charge is 2.74. The lowest BCUT2D eigenvalue weighted by atomic mass is 9.88. The Bertz CT molecular complexity index is 1130. The van der Waals surface area contributed by atoms with Gasteiger partial charge in [0.1, 0.15) is 23.2 Å². The number of carboxylic acid groups (broad SMARTS) is 1. The van der Waals surface area contributed by atoms with Crippen LogP contribution in [0, 0.1) is 0 Å². The number of carbonyl (C=O) groups is 6. The first-order chi connectivity index (χ1) is 17.3. The fraction of sp³-hybridized carbons (Fsp3) is 0.455. The van der Waals surface area contributed by atoms with E-state index in [0.717, 1.165) is 16.7 Å². The summed E-state index contributed by atoms with van der Waals surface area (Å²) < 4.78 is -1.27. The lowest BCUT2D eigenvalue weighted by Gasteiger charge is -2.49. The van der Waals surface area contributed by atoms with Gasteiger partial charge in [0.2, 0.25) is 29.8 Å². The van der Waals surface area contributed by atoms with Crippen molar-refractivity contribution in [2.75, 3.05) is 7.05 Å². The molecule has 0 aromatic heterocycles. The third-order valence-electron chi connectivity index (χ3n) is 6.35. The molecule has 0 saturated carbocycles. The van der Waals surface area contributed by atoms with Gasteiger partial charge in [-0.15, -0.1) is 11.8 Å². The lowest BCUT2D eigenvalue weighted by molar-refractivity contribution is -0.176. The van der Waals surface area contributed by atoms with E-state index in [1.807, 2.05) is 0 Å². The van der Waals surface area contributed by atoms with Crippen molar-refractivity contribution in [3.63, 3.8) is 0 Å². The molecule has 2 aliphatic heterocycles. The maximum absolute atomic E-state index is 13.6. The van der Waals surface area contributed by atoms with Crippen LogP contribution in [0.25, 0.3) is 0 Å². The van der Waals surface area contributed by atoms with Gasteiger partial charge in [-0.05, 0) is 31.5 Å². The second kappa shape index (κ2) is 10.3. The van der Waals surface area contributed by atoms with Crippen LogP contribution in [-0.2, 0) is 28.8 Å². The van der Waals surface area contributed by atoms with E-state index in [4.69, 9.17) is 5.73 Å². The molecule has 2 heterocycles. The van der Waals surface area contributed by atoms with Crippen LogP contribution in [-0.4, -0.2) is 86.0 Å². The van der Waals surface area contributed by atoms with Crippen LogP contribution in [0.1, 0.15) is 31.9 Å². The molecule has 3 rings (SSSR count). The molecule has 200 valence electrons. The highest BCUT2D eigenvalue weighted by Crippen LogP contribution is 2.55. The lowest BCUT2D eigenvalue weighted by Crippen LogP contribution is -2.80. The number of nitrogens with two attached hydrogens (primary N) is 1. The normalized spacial score (nSPS) is 25.1. The van der Waals surface area contributed by atoms with E-state index >= 15 is 0 Å². The number of phenols is 1. The zero-order valence-electron chi connectivity index (χ0n) is 20.2. The summed E-state index contributed by atoms with van der Waals surface area (Å²) in [5, 5.41) is 28.7. The van der Waals surface area contributed by atoms with Gasteiger partial charge in [0.05, 0.1) is 17.2 Å². The Kier molecular flexibility index (Phi) is 7.69. The van der Waals surface area contributed by atoms with E-state index in [2.05, 4.69) is 21.3 Å². The molecule has 5 amide bonds. The molecule has 5 atom stereocenters. The van der Waals surface area contributed by atoms with Crippen molar-refractivity contribution < 1.29 is 39.0 Å². The summed E-state index contributed by atoms with van der Waals surface area (Å²) in [7, 11) is 1.37. The van der Waals surface area contributed by atoms with Crippen molar-refractivity contribution in [2.45, 2.75) is 54.2 Å². The molecular weight excluding hydrogens is 508 g/mol. The van der Waals surface area contributed by atoms with Crippen LogP contribution < -0.4 is 27.0 Å². The third kappa shape index (κ3) is 4.79. The number of benzene rings is 1. The first-order valence-corrected chi connectivity index (χ1v) is 12.0. The Hall–Kier alpha value is -3.85. The number of nitrogens with one attached hydrogen (secondary N) is 4. The molecule has 2 saturated heterocycles. The second-order valence-corrected chi connectivity index (χ2v) is 10.8. The number of thioether (sulfide) groups is 1. The highest BCUT2D eigenvalue weighted by atomic mass is 32.2. The van der Waals surface area contributed by atoms with Crippen molar-refractivity contribution in [2.24, 2.45) is 5.73 Å². The van der Waals surface area contributed by atoms with Crippen LogP contribution in [0.4, 0.5) is 0 Å². The molecular formula is C22H28N6O8S. The van der Waals surface area contributed by atoms with Gasteiger partial charge in [-0.3, -0.25) is 28.9 Å². The van der Waals surface area contributed by atoms with Gasteiger partial charge in [-0.1, -0.05) is 12.1 Å². The number of amides is 5. The van der Waals surface area contributed by atoms with E-state index in [9.17, 15) is 39.0 Å². The highest BCUT2D eigenvalue weighted by molar-refractivity contribution is 8.01. The minimum absolute atomic E-state index is 0.122. The molecule has 0 spiro atoms. The molecule has 37 heavy (non-hydrogen) atoms. The average molecular weight is 537 g/mol. The number of carboxylic acids is 1. The quantitative estimate of drug-likeness (QED) is 0.125. The number of β-lactam (4-membered cyclic amide) rings is 1. The smallest absolute Gasteiger partial charge is 0.352 e. The van der Waals surface area contributed by atoms with Gasteiger partial charge in [-0.25, -0.2) is 4.79 Å². The van der Waals surface area contributed by atoms with E-state index < -0.39 is 63.5 Å². The SMILES string of the molecule is CNC(=O)CC(N)C(=O)NC(C(=O)N[C@@]1(C(=O)O)N2C(=O)[C@@H](NC=O)[C@H]2SC1(C)C)c1ccc(O)cc1. The van der Waals surface area contributed by atoms with Gasteiger partial charge in [-0.2, -0.15) is 0 Å². The molecule has 8 N–H and O–H groups in total. The summed E-state index contributed by atoms with van der Waals surface area (Å²) >= 11 is 1.09. The molecule has 1 aromatic carbocycles. The average Bonchev–Trinajstić information content (AvgIpc) is 3.05. The number of carbonyl (C=O) groups excluding carboxylic acids is 5. The minimum atomic E-state index is -2.23. The number of hydrogen-bond acceptors (Lipinski definition) is 9. The number of rotatable bonds is 10. The van der Waals surface area contributed by atoms with Gasteiger partial charge < -0.3 is 37.2 Å². The van der Waals surface area contributed by atoms with Gasteiger partial charge >= 0.3 is 5.97 Å². The van der Waals surface area contributed by atoms with E-state index in [1.54, 1.807) is 0 Å². The molecule has 2 fully saturated rings. The molecule has 0 bridgehead atoms. The summed E-state index contributed by atoms with van der Waals surface area (Å²) in [6.45, 7) is 3.06. The van der Waals surface area contributed by atoms with E-state index in [0.29, 0.717) is 6.41 Å². The monoisotopic (exact) mass is 536 g/mol. The first-order valence-electron chi connectivity index (χ1n) is 11.1. The topological polar surface area (TPSA) is 220 Å². The summed E-state index contributed by atoms with van der Waals surface area (Å²) in [5.74, 6) is -4.70. The molecule has 0 radical (unpaired) electrons. The Labute approximate surface area is 215 Å². The standard InChI is InChI=1S/C22H28N6O8S/c1-21(2)22(20(35)36,28-18(34)15(25-9-29)19(28)37-21)27-17(33)14(10-4-6-11(30)7-5-10)26-16(32)12(23)8-13(31)24-3/h4-7,9,12,14-15,19,30H,8,23H2,1-3H3,(H,24,31)(H,25,29)(H,26,32)(H,27,33)(H,35,36)/t12?,14?,15-,19-,22+/m1/s1. The van der Waals surface area contributed by atoms with Crippen molar-refractivity contribution in [1.82, 2.24) is 26.2 Å². The number of aromatic hydroxyl groups is 1. The van der Waals surface area contributed by atoms with Gasteiger partial charge in [0.15, 0.2) is 0 Å². The van der Waals surface area contributed by atoms with Crippen molar-refractivity contribution >= 4 is 47.8 Å². The summed E-state index contributed by atoms with van der Waals surface area (Å²) in [4.78, 5) is 75.4. The van der Waals surface area contributed by atoms with Crippen LogP contribution in [0.5, 0.6) is 5.75 Å². The summed E-state index contributed by atoms with van der Waals surface area (Å²) in [6, 6.07) is 1.42. The largest absolute Gasteiger partial charge is 0.508 e. The molecule has 15 heteroatoms. The molecule has 14 nitrogen and oxygen atoms in total. The fourth-order valence-corrected chi connectivity index (χ4v) is 6.04. The van der Waals surface area contributed by atoms with Crippen LogP contribution in [0.3, 0.4) is 0 Å². The number of fused-ring (bicyclic) bond motifs is 1. The van der Waals surface area contributed by atoms with Crippen LogP contribution in [0.2, 0.25) is 0 Å². The zero-order valence-corrected chi connectivity index (χ0v) is 21.0. The number of phenolic OH excluding ortho intramolecular Hbond substituents is 1. The van der Waals surface area contributed by atoms with Crippen molar-refractivity contribution in [1.29, 1.82) is 0 Å². The Morgan fingerprint density at radius 3 is 2.35 bits per heavy atom.